The number of likely N-dealkylation sites (N-methyl/N-ethyl adjacent to an activating group) is 1. The molecule has 0 aromatic heterocycles. The Balaban J connectivity index is 4.11. The van der Waals surface area contributed by atoms with Gasteiger partial charge in [-0.3, -0.25) is 9.59 Å². The molecule has 0 aromatic rings. The van der Waals surface area contributed by atoms with Gasteiger partial charge < -0.3 is 33.3 Å². The van der Waals surface area contributed by atoms with Crippen molar-refractivity contribution in [1.29, 1.82) is 0 Å². The van der Waals surface area contributed by atoms with Gasteiger partial charge in [0.2, 0.25) is 0 Å². The molecule has 452 valence electrons. The van der Waals surface area contributed by atoms with E-state index in [0.29, 0.717) is 23.9 Å². The molecule has 0 rings (SSSR count). The Morgan fingerprint density at radius 1 is 0.390 bits per heavy atom. The Morgan fingerprint density at radius 3 is 1.04 bits per heavy atom. The van der Waals surface area contributed by atoms with E-state index < -0.39 is 24.3 Å². The van der Waals surface area contributed by atoms with E-state index in [1.807, 2.05) is 21.1 Å². The Labute approximate surface area is 477 Å². The lowest BCUT2D eigenvalue weighted by Crippen LogP contribution is -2.44. The standard InChI is InChI=1S/C68H127NO8/c1-6-8-10-12-14-16-18-20-22-24-26-28-30-31-32-33-34-35-37-38-40-42-44-46-48-50-52-54-56-58-65(70)75-62-64(63-76-68(67(72)73)74-61-60-69(3,4)5)77-66(71)59-57-55-53-51-49-47-45-43-41-39-36-29-27-25-23-21-19-17-15-13-11-9-7-2/h19,21,24-27,64,68H,6-18,20,22-23,28-63H2,1-5H3/b21-19-,26-24-,27-25-. The number of carboxylic acid groups (broad SMARTS) is 1. The van der Waals surface area contributed by atoms with Crippen LogP contribution in [-0.2, 0) is 33.3 Å². The van der Waals surface area contributed by atoms with E-state index in [9.17, 15) is 19.5 Å². The molecular weight excluding hydrogens is 959 g/mol. The van der Waals surface area contributed by atoms with E-state index in [2.05, 4.69) is 50.3 Å². The average Bonchev–Trinajstić information content (AvgIpc) is 3.40. The monoisotopic (exact) mass is 1090 g/mol. The summed E-state index contributed by atoms with van der Waals surface area (Å²) in [6.07, 6.45) is 70.7. The molecule has 0 aromatic carbocycles. The van der Waals surface area contributed by atoms with E-state index in [1.54, 1.807) is 0 Å². The summed E-state index contributed by atoms with van der Waals surface area (Å²) in [6, 6.07) is 0. The van der Waals surface area contributed by atoms with Crippen molar-refractivity contribution in [2.45, 2.75) is 334 Å². The maximum Gasteiger partial charge on any atom is 0.306 e. The molecule has 0 aliphatic rings. The summed E-state index contributed by atoms with van der Waals surface area (Å²) >= 11 is 0. The maximum absolute atomic E-state index is 12.9. The third-order valence-electron chi connectivity index (χ3n) is 14.9. The summed E-state index contributed by atoms with van der Waals surface area (Å²) in [6.45, 7) is 4.79. The molecule has 0 aliphatic carbocycles. The van der Waals surface area contributed by atoms with Crippen LogP contribution in [0.2, 0.25) is 0 Å². The zero-order valence-corrected chi connectivity index (χ0v) is 51.6. The average molecular weight is 1090 g/mol. The maximum atomic E-state index is 12.9. The molecule has 0 spiro atoms. The summed E-state index contributed by atoms with van der Waals surface area (Å²) in [4.78, 5) is 37.4. The van der Waals surface area contributed by atoms with Crippen molar-refractivity contribution in [3.05, 3.63) is 36.5 Å². The molecule has 0 radical (unpaired) electrons. The fourth-order valence-electron chi connectivity index (χ4n) is 9.74. The number of allylic oxidation sites excluding steroid dienone is 6. The highest BCUT2D eigenvalue weighted by atomic mass is 16.7. The van der Waals surface area contributed by atoms with Crippen LogP contribution in [0, 0.1) is 0 Å². The largest absolute Gasteiger partial charge is 0.545 e. The van der Waals surface area contributed by atoms with Crippen LogP contribution in [0.25, 0.3) is 0 Å². The van der Waals surface area contributed by atoms with Gasteiger partial charge in [-0.05, 0) is 70.6 Å². The fourth-order valence-corrected chi connectivity index (χ4v) is 9.74. The first kappa shape index (κ1) is 74.5. The van der Waals surface area contributed by atoms with Gasteiger partial charge in [-0.15, -0.1) is 0 Å². The molecule has 9 heteroatoms. The summed E-state index contributed by atoms with van der Waals surface area (Å²) in [7, 11) is 5.94. The lowest BCUT2D eigenvalue weighted by molar-refractivity contribution is -0.870. The van der Waals surface area contributed by atoms with Crippen LogP contribution < -0.4 is 5.11 Å². The highest BCUT2D eigenvalue weighted by molar-refractivity contribution is 5.70. The predicted molar refractivity (Wildman–Crippen MR) is 325 cm³/mol. The third-order valence-corrected chi connectivity index (χ3v) is 14.9. The molecule has 9 nitrogen and oxygen atoms in total. The molecule has 0 fully saturated rings. The van der Waals surface area contributed by atoms with Gasteiger partial charge in [-0.1, -0.05) is 275 Å². The minimum absolute atomic E-state index is 0.149. The molecule has 0 aliphatic heterocycles. The van der Waals surface area contributed by atoms with Crippen molar-refractivity contribution in [1.82, 2.24) is 0 Å². The first-order valence-corrected chi connectivity index (χ1v) is 33.1. The lowest BCUT2D eigenvalue weighted by Gasteiger charge is -2.26. The Bertz CT molecular complexity index is 1360. The van der Waals surface area contributed by atoms with Crippen molar-refractivity contribution >= 4 is 17.9 Å². The van der Waals surface area contributed by atoms with Gasteiger partial charge in [0.1, 0.15) is 13.2 Å². The summed E-state index contributed by atoms with van der Waals surface area (Å²) in [5.74, 6) is -2.26. The number of esters is 2. The zero-order chi connectivity index (χ0) is 56.2. The van der Waals surface area contributed by atoms with E-state index in [1.165, 1.54) is 244 Å². The Hall–Kier alpha value is -2.49. The highest BCUT2D eigenvalue weighted by Gasteiger charge is 2.22. The van der Waals surface area contributed by atoms with Crippen LogP contribution in [0.5, 0.6) is 0 Å². The van der Waals surface area contributed by atoms with Gasteiger partial charge in [0, 0.05) is 12.8 Å². The van der Waals surface area contributed by atoms with E-state index in [-0.39, 0.29) is 32.2 Å². The zero-order valence-electron chi connectivity index (χ0n) is 51.6. The van der Waals surface area contributed by atoms with Crippen molar-refractivity contribution in [2.75, 3.05) is 47.5 Å². The molecule has 2 unspecified atom stereocenters. The number of carbonyl (C=O) groups excluding carboxylic acids is 3. The molecule has 2 atom stereocenters. The van der Waals surface area contributed by atoms with Gasteiger partial charge in [-0.25, -0.2) is 0 Å². The molecule has 0 heterocycles. The third kappa shape index (κ3) is 61.0. The normalized spacial score (nSPS) is 12.9. The Kier molecular flexibility index (Phi) is 57.7. The molecular formula is C68H127NO8. The minimum Gasteiger partial charge on any atom is -0.545 e. The van der Waals surface area contributed by atoms with Crippen molar-refractivity contribution in [3.63, 3.8) is 0 Å². The molecule has 0 N–H and O–H groups in total. The number of nitrogens with zero attached hydrogens (tertiary/aromatic N) is 1. The molecule has 0 saturated carbocycles. The summed E-state index contributed by atoms with van der Waals surface area (Å²) in [5, 5.41) is 11.8. The van der Waals surface area contributed by atoms with Gasteiger partial charge in [0.25, 0.3) is 0 Å². The number of quaternary nitrogens is 1. The minimum atomic E-state index is -1.62. The van der Waals surface area contributed by atoms with Gasteiger partial charge >= 0.3 is 11.9 Å². The number of carbonyl (C=O) groups is 3. The second kappa shape index (κ2) is 59.6. The number of hydrogen-bond acceptors (Lipinski definition) is 8. The van der Waals surface area contributed by atoms with E-state index in [0.717, 1.165) is 44.9 Å². The van der Waals surface area contributed by atoms with Gasteiger partial charge in [-0.2, -0.15) is 0 Å². The molecule has 0 bridgehead atoms. The number of aliphatic carboxylic acids is 1. The fraction of sp³-hybridized carbons (Fsp3) is 0.868. The smallest absolute Gasteiger partial charge is 0.306 e. The van der Waals surface area contributed by atoms with Gasteiger partial charge in [0.05, 0.1) is 40.3 Å². The van der Waals surface area contributed by atoms with Crippen LogP contribution in [-0.4, -0.2) is 82.3 Å². The SMILES string of the molecule is CCCCCCC/C=C\C/C=C\CCCCCCCCCCCCCC(=O)OC(COC(=O)CCCCCCCCCCCCCCCCCCC/C=C\CCCCCCCCCC)COC(OCC[N+](C)(C)C)C(=O)[O-]. The van der Waals surface area contributed by atoms with Crippen LogP contribution >= 0.6 is 0 Å². The number of hydrogen-bond donors (Lipinski definition) is 0. The van der Waals surface area contributed by atoms with E-state index in [4.69, 9.17) is 18.9 Å². The summed E-state index contributed by atoms with van der Waals surface area (Å²) in [5.41, 5.74) is 0. The van der Waals surface area contributed by atoms with E-state index >= 15 is 0 Å². The topological polar surface area (TPSA) is 111 Å². The first-order valence-electron chi connectivity index (χ1n) is 33.1. The second-order valence-corrected chi connectivity index (χ2v) is 23.8. The number of rotatable bonds is 62. The van der Waals surface area contributed by atoms with Crippen molar-refractivity contribution < 1.29 is 42.9 Å². The van der Waals surface area contributed by atoms with Crippen molar-refractivity contribution in [3.8, 4) is 0 Å². The van der Waals surface area contributed by atoms with Crippen molar-refractivity contribution in [2.24, 2.45) is 0 Å². The first-order chi connectivity index (χ1) is 37.6. The van der Waals surface area contributed by atoms with Crippen LogP contribution in [0.3, 0.4) is 0 Å². The van der Waals surface area contributed by atoms with Crippen LogP contribution in [0.15, 0.2) is 36.5 Å². The quantitative estimate of drug-likeness (QED) is 0.0195. The molecule has 0 amide bonds. The van der Waals surface area contributed by atoms with Crippen LogP contribution in [0.1, 0.15) is 322 Å². The van der Waals surface area contributed by atoms with Gasteiger partial charge in [0.15, 0.2) is 12.4 Å². The van der Waals surface area contributed by atoms with Crippen LogP contribution in [0.4, 0.5) is 0 Å². The second-order valence-electron chi connectivity index (χ2n) is 23.8. The number of unbranched alkanes of at least 4 members (excludes halogenated alkanes) is 41. The Morgan fingerprint density at radius 2 is 0.701 bits per heavy atom. The lowest BCUT2D eigenvalue weighted by atomic mass is 10.0. The highest BCUT2D eigenvalue weighted by Crippen LogP contribution is 2.18. The molecule has 77 heavy (non-hydrogen) atoms. The number of ether oxygens (including phenoxy) is 4. The number of carboxylic acids is 1. The summed E-state index contributed by atoms with van der Waals surface area (Å²) < 4.78 is 22.8. The molecule has 0 saturated heterocycles. The predicted octanol–water partition coefficient (Wildman–Crippen LogP) is 18.7.